The molecule has 0 spiro atoms. The van der Waals surface area contributed by atoms with Crippen LogP contribution in [0.4, 0.5) is 0 Å². The third kappa shape index (κ3) is 2.33. The minimum atomic E-state index is 0.126. The molecule has 0 saturated heterocycles. The van der Waals surface area contributed by atoms with Gasteiger partial charge in [0.25, 0.3) is 0 Å². The highest BCUT2D eigenvalue weighted by atomic mass is 35.5. The predicted molar refractivity (Wildman–Crippen MR) is 72.5 cm³/mol. The summed E-state index contributed by atoms with van der Waals surface area (Å²) in [5.41, 5.74) is 0.964. The van der Waals surface area contributed by atoms with E-state index in [0.29, 0.717) is 11.3 Å². The maximum absolute atomic E-state index is 6.09. The molecule has 0 atom stereocenters. The lowest BCUT2D eigenvalue weighted by Gasteiger charge is -2.11. The average Bonchev–Trinajstić information content (AvgIpc) is 2.36. The maximum atomic E-state index is 6.09. The van der Waals surface area contributed by atoms with E-state index >= 15 is 0 Å². The van der Waals surface area contributed by atoms with Crippen molar-refractivity contribution < 1.29 is 0 Å². The maximum Gasteiger partial charge on any atom is 0.116 e. The Morgan fingerprint density at radius 1 is 0.765 bits per heavy atom. The summed E-state index contributed by atoms with van der Waals surface area (Å²) in [5.74, 6) is 0. The summed E-state index contributed by atoms with van der Waals surface area (Å²) < 4.78 is 0. The van der Waals surface area contributed by atoms with Crippen LogP contribution in [-0.4, -0.2) is 9.97 Å². The molecule has 7 heteroatoms. The molecule has 2 aromatic rings. The second-order valence-corrected chi connectivity index (χ2v) is 4.93. The van der Waals surface area contributed by atoms with Gasteiger partial charge in [0, 0.05) is 11.8 Å². The van der Waals surface area contributed by atoms with Gasteiger partial charge in [-0.05, 0) is 6.07 Å². The van der Waals surface area contributed by atoms with Crippen molar-refractivity contribution in [2.45, 2.75) is 0 Å². The standard InChI is InChI=1S/C10H3Cl5N2/c11-6-5(4-1-2-16-3-17-4)7(12)9(14)10(15)8(6)13/h1-3H. The SMILES string of the molecule is Clc1c(Cl)c(Cl)c(-c2ccncn2)c(Cl)c1Cl. The highest BCUT2D eigenvalue weighted by Crippen LogP contribution is 2.47. The van der Waals surface area contributed by atoms with Crippen molar-refractivity contribution in [2.75, 3.05) is 0 Å². The Balaban J connectivity index is 2.80. The number of benzene rings is 1. The van der Waals surface area contributed by atoms with Crippen LogP contribution in [0.25, 0.3) is 11.3 Å². The molecule has 0 fully saturated rings. The Labute approximate surface area is 122 Å². The average molecular weight is 328 g/mol. The van der Waals surface area contributed by atoms with Crippen LogP contribution in [0.15, 0.2) is 18.6 Å². The molecule has 0 radical (unpaired) electrons. The van der Waals surface area contributed by atoms with Crippen LogP contribution in [0, 0.1) is 0 Å². The Kier molecular flexibility index (Phi) is 4.01. The van der Waals surface area contributed by atoms with Crippen LogP contribution < -0.4 is 0 Å². The Morgan fingerprint density at radius 3 is 1.76 bits per heavy atom. The lowest BCUT2D eigenvalue weighted by atomic mass is 10.1. The lowest BCUT2D eigenvalue weighted by Crippen LogP contribution is -1.89. The first kappa shape index (κ1) is 13.2. The van der Waals surface area contributed by atoms with Gasteiger partial charge in [0.2, 0.25) is 0 Å². The molecule has 2 rings (SSSR count). The number of rotatable bonds is 1. The summed E-state index contributed by atoms with van der Waals surface area (Å²) in [7, 11) is 0. The molecular weight excluding hydrogens is 325 g/mol. The van der Waals surface area contributed by atoms with Gasteiger partial charge in [0.15, 0.2) is 0 Å². The highest BCUT2D eigenvalue weighted by molar-refractivity contribution is 6.56. The van der Waals surface area contributed by atoms with E-state index < -0.39 is 0 Å². The lowest BCUT2D eigenvalue weighted by molar-refractivity contribution is 1.17. The summed E-state index contributed by atoms with van der Waals surface area (Å²) in [6.45, 7) is 0. The monoisotopic (exact) mass is 326 g/mol. The van der Waals surface area contributed by atoms with Gasteiger partial charge in [0.1, 0.15) is 6.33 Å². The van der Waals surface area contributed by atoms with E-state index in [1.807, 2.05) is 0 Å². The van der Waals surface area contributed by atoms with Crippen molar-refractivity contribution in [3.05, 3.63) is 43.7 Å². The summed E-state index contributed by atoms with van der Waals surface area (Å²) in [6.07, 6.45) is 2.93. The number of hydrogen-bond acceptors (Lipinski definition) is 2. The zero-order chi connectivity index (χ0) is 12.6. The highest BCUT2D eigenvalue weighted by Gasteiger charge is 2.20. The first-order valence-corrected chi connectivity index (χ1v) is 6.20. The van der Waals surface area contributed by atoms with Gasteiger partial charge in [-0.15, -0.1) is 0 Å². The Bertz CT molecular complexity index is 542. The molecule has 0 unspecified atom stereocenters. The van der Waals surface area contributed by atoms with Crippen molar-refractivity contribution in [3.8, 4) is 11.3 Å². The van der Waals surface area contributed by atoms with Gasteiger partial charge >= 0.3 is 0 Å². The van der Waals surface area contributed by atoms with E-state index in [4.69, 9.17) is 58.0 Å². The van der Waals surface area contributed by atoms with Crippen LogP contribution >= 0.6 is 58.0 Å². The van der Waals surface area contributed by atoms with Crippen LogP contribution in [0.1, 0.15) is 0 Å². The van der Waals surface area contributed by atoms with Crippen LogP contribution in [0.3, 0.4) is 0 Å². The first-order valence-electron chi connectivity index (χ1n) is 4.32. The van der Waals surface area contributed by atoms with E-state index in [2.05, 4.69) is 9.97 Å². The van der Waals surface area contributed by atoms with Gasteiger partial charge in [0.05, 0.1) is 30.8 Å². The zero-order valence-corrected chi connectivity index (χ0v) is 11.8. The number of aromatic nitrogens is 2. The molecule has 2 nitrogen and oxygen atoms in total. The summed E-state index contributed by atoms with van der Waals surface area (Å²) in [6, 6.07) is 1.65. The van der Waals surface area contributed by atoms with E-state index in [1.165, 1.54) is 6.33 Å². The van der Waals surface area contributed by atoms with Crippen LogP contribution in [-0.2, 0) is 0 Å². The summed E-state index contributed by atoms with van der Waals surface area (Å²) in [4.78, 5) is 7.85. The zero-order valence-electron chi connectivity index (χ0n) is 8.02. The Hall–Kier alpha value is -0.250. The van der Waals surface area contributed by atoms with Crippen LogP contribution in [0.5, 0.6) is 0 Å². The van der Waals surface area contributed by atoms with Gasteiger partial charge in [-0.2, -0.15) is 0 Å². The quantitative estimate of drug-likeness (QED) is 0.516. The summed E-state index contributed by atoms with van der Waals surface area (Å²) >= 11 is 30.0. The van der Waals surface area contributed by atoms with E-state index in [-0.39, 0.29) is 25.1 Å². The van der Waals surface area contributed by atoms with Crippen molar-refractivity contribution >= 4 is 58.0 Å². The third-order valence-corrected chi connectivity index (χ3v) is 4.32. The van der Waals surface area contributed by atoms with E-state index in [9.17, 15) is 0 Å². The van der Waals surface area contributed by atoms with Gasteiger partial charge in [-0.1, -0.05) is 58.0 Å². The molecule has 0 aliphatic carbocycles. The molecule has 0 saturated carbocycles. The fraction of sp³-hybridized carbons (Fsp3) is 0. The van der Waals surface area contributed by atoms with Crippen molar-refractivity contribution in [3.63, 3.8) is 0 Å². The smallest absolute Gasteiger partial charge is 0.116 e. The van der Waals surface area contributed by atoms with Gasteiger partial charge in [-0.25, -0.2) is 9.97 Å². The molecule has 1 heterocycles. The molecule has 1 aromatic heterocycles. The number of halogens is 5. The van der Waals surface area contributed by atoms with Gasteiger partial charge < -0.3 is 0 Å². The second kappa shape index (κ2) is 5.17. The normalized spacial score (nSPS) is 10.6. The molecule has 17 heavy (non-hydrogen) atoms. The molecule has 0 amide bonds. The van der Waals surface area contributed by atoms with Crippen LogP contribution in [0.2, 0.25) is 25.1 Å². The Morgan fingerprint density at radius 2 is 1.29 bits per heavy atom. The predicted octanol–water partition coefficient (Wildman–Crippen LogP) is 5.41. The van der Waals surface area contributed by atoms with Crippen molar-refractivity contribution in [1.29, 1.82) is 0 Å². The minimum Gasteiger partial charge on any atom is -0.245 e. The topological polar surface area (TPSA) is 25.8 Å². The minimum absolute atomic E-state index is 0.126. The molecule has 0 aliphatic rings. The number of hydrogen-bond donors (Lipinski definition) is 0. The molecule has 0 N–H and O–H groups in total. The second-order valence-electron chi connectivity index (χ2n) is 3.04. The van der Waals surface area contributed by atoms with Gasteiger partial charge in [-0.3, -0.25) is 0 Å². The van der Waals surface area contributed by atoms with Crippen molar-refractivity contribution in [2.24, 2.45) is 0 Å². The molecular formula is C10H3Cl5N2. The molecule has 88 valence electrons. The third-order valence-electron chi connectivity index (χ3n) is 2.05. The van der Waals surface area contributed by atoms with E-state index in [0.717, 1.165) is 0 Å². The fourth-order valence-corrected chi connectivity index (χ4v) is 2.60. The molecule has 0 bridgehead atoms. The van der Waals surface area contributed by atoms with Crippen molar-refractivity contribution in [1.82, 2.24) is 9.97 Å². The number of nitrogens with zero attached hydrogens (tertiary/aromatic N) is 2. The fourth-order valence-electron chi connectivity index (χ4n) is 1.27. The summed E-state index contributed by atoms with van der Waals surface area (Å²) in [5, 5.41) is 0.850. The first-order chi connectivity index (χ1) is 8.04. The van der Waals surface area contributed by atoms with E-state index in [1.54, 1.807) is 12.3 Å². The largest absolute Gasteiger partial charge is 0.245 e. The molecule has 1 aromatic carbocycles. The molecule has 0 aliphatic heterocycles.